The quantitative estimate of drug-likeness (QED) is 0.744. The van der Waals surface area contributed by atoms with E-state index in [1.807, 2.05) is 37.4 Å². The van der Waals surface area contributed by atoms with E-state index in [0.717, 1.165) is 31.6 Å². The van der Waals surface area contributed by atoms with Crippen molar-refractivity contribution in [3.05, 3.63) is 35.9 Å². The zero-order valence-corrected chi connectivity index (χ0v) is 15.3. The highest BCUT2D eigenvalue weighted by molar-refractivity contribution is 5.83. The van der Waals surface area contributed by atoms with Gasteiger partial charge in [0, 0.05) is 6.54 Å². The molecule has 0 bridgehead atoms. The Balaban J connectivity index is 1.80. The average molecular weight is 332 g/mol. The number of nitrogens with one attached hydrogen (secondary N) is 1. The van der Waals surface area contributed by atoms with Crippen molar-refractivity contribution in [3.63, 3.8) is 0 Å². The normalized spacial score (nSPS) is 17.5. The fourth-order valence-electron chi connectivity index (χ4n) is 3.39. The number of likely N-dealkylation sites (tertiary alicyclic amines) is 1. The summed E-state index contributed by atoms with van der Waals surface area (Å²) in [6.07, 6.45) is 6.42. The molecule has 1 aromatic rings. The minimum atomic E-state index is -0.200. The second-order valence-corrected chi connectivity index (χ2v) is 6.79. The highest BCUT2D eigenvalue weighted by atomic mass is 16.2. The van der Waals surface area contributed by atoms with Crippen molar-refractivity contribution in [2.45, 2.75) is 45.1 Å². The summed E-state index contributed by atoms with van der Waals surface area (Å²) in [6, 6.07) is 9.86. The van der Waals surface area contributed by atoms with Crippen molar-refractivity contribution in [1.82, 2.24) is 15.1 Å². The van der Waals surface area contributed by atoms with Crippen LogP contribution in [-0.2, 0) is 4.79 Å². The number of likely N-dealkylation sites (N-methyl/N-ethyl adjacent to an activating group) is 1. The van der Waals surface area contributed by atoms with Gasteiger partial charge < -0.3 is 10.2 Å². The van der Waals surface area contributed by atoms with Crippen LogP contribution in [0.5, 0.6) is 0 Å². The molecule has 1 fully saturated rings. The number of carbonyl (C=O) groups excluding carboxylic acids is 1. The number of hydrogen-bond donors (Lipinski definition) is 1. The number of hydrogen-bond acceptors (Lipinski definition) is 3. The second kappa shape index (κ2) is 10.5. The van der Waals surface area contributed by atoms with Gasteiger partial charge in [0.2, 0.25) is 5.91 Å². The second-order valence-electron chi connectivity index (χ2n) is 6.79. The highest BCUT2D eigenvalue weighted by Crippen LogP contribution is 2.19. The van der Waals surface area contributed by atoms with Crippen LogP contribution in [0.3, 0.4) is 0 Å². The Morgan fingerprint density at radius 3 is 2.46 bits per heavy atom. The smallest absolute Gasteiger partial charge is 0.241 e. The molecule has 1 unspecified atom stereocenters. The molecule has 1 aliphatic heterocycles. The molecule has 1 aliphatic rings. The molecule has 134 valence electrons. The lowest BCUT2D eigenvalue weighted by atomic mass is 10.0. The van der Waals surface area contributed by atoms with Gasteiger partial charge in [0.05, 0.1) is 0 Å². The Morgan fingerprint density at radius 1 is 1.17 bits per heavy atom. The Bertz CT molecular complexity index is 469. The molecular weight excluding hydrogens is 298 g/mol. The third kappa shape index (κ3) is 5.91. The van der Waals surface area contributed by atoms with Gasteiger partial charge >= 0.3 is 0 Å². The van der Waals surface area contributed by atoms with Gasteiger partial charge in [-0.1, -0.05) is 50.1 Å². The van der Waals surface area contributed by atoms with Crippen LogP contribution >= 0.6 is 0 Å². The summed E-state index contributed by atoms with van der Waals surface area (Å²) in [5, 5.41) is 3.14. The first-order chi connectivity index (χ1) is 11.7. The molecular formula is C20H33N3O. The predicted molar refractivity (Wildman–Crippen MR) is 100 cm³/mol. The molecule has 24 heavy (non-hydrogen) atoms. The fourth-order valence-corrected chi connectivity index (χ4v) is 3.39. The molecule has 2 rings (SSSR count). The molecule has 1 heterocycles. The van der Waals surface area contributed by atoms with Gasteiger partial charge in [-0.3, -0.25) is 9.69 Å². The molecule has 0 aromatic heterocycles. The Morgan fingerprint density at radius 2 is 1.83 bits per heavy atom. The van der Waals surface area contributed by atoms with E-state index in [2.05, 4.69) is 22.0 Å². The van der Waals surface area contributed by atoms with Gasteiger partial charge in [-0.25, -0.2) is 0 Å². The lowest BCUT2D eigenvalue weighted by molar-refractivity contribution is -0.126. The van der Waals surface area contributed by atoms with Crippen molar-refractivity contribution < 1.29 is 4.79 Å². The fraction of sp³-hybridized carbons (Fsp3) is 0.650. The van der Waals surface area contributed by atoms with Crippen molar-refractivity contribution in [2.24, 2.45) is 0 Å². The summed E-state index contributed by atoms with van der Waals surface area (Å²) in [7, 11) is 2.01. The molecule has 0 spiro atoms. The number of rotatable bonds is 8. The maximum Gasteiger partial charge on any atom is 0.241 e. The minimum Gasteiger partial charge on any atom is -0.354 e. The number of carbonyl (C=O) groups is 1. The summed E-state index contributed by atoms with van der Waals surface area (Å²) in [4.78, 5) is 17.3. The topological polar surface area (TPSA) is 35.6 Å². The molecule has 1 amide bonds. The predicted octanol–water partition coefficient (Wildman–Crippen LogP) is 3.06. The first kappa shape index (κ1) is 18.9. The molecule has 1 N–H and O–H groups in total. The van der Waals surface area contributed by atoms with E-state index in [1.165, 1.54) is 38.8 Å². The molecule has 1 atom stereocenters. The first-order valence-corrected chi connectivity index (χ1v) is 9.47. The molecule has 4 nitrogen and oxygen atoms in total. The van der Waals surface area contributed by atoms with E-state index in [4.69, 9.17) is 0 Å². The van der Waals surface area contributed by atoms with Gasteiger partial charge in [-0.15, -0.1) is 0 Å². The van der Waals surface area contributed by atoms with E-state index >= 15 is 0 Å². The first-order valence-electron chi connectivity index (χ1n) is 9.47. The van der Waals surface area contributed by atoms with Gasteiger partial charge in [-0.2, -0.15) is 0 Å². The van der Waals surface area contributed by atoms with Gasteiger partial charge in [-0.05, 0) is 58.1 Å². The average Bonchev–Trinajstić information content (AvgIpc) is 2.88. The summed E-state index contributed by atoms with van der Waals surface area (Å²) in [5.41, 5.74) is 1.06. The van der Waals surface area contributed by atoms with Crippen LogP contribution in [0, 0.1) is 0 Å². The van der Waals surface area contributed by atoms with Crippen LogP contribution in [-0.4, -0.2) is 55.5 Å². The van der Waals surface area contributed by atoms with E-state index < -0.39 is 0 Å². The Labute approximate surface area is 147 Å². The van der Waals surface area contributed by atoms with Crippen molar-refractivity contribution in [2.75, 3.05) is 39.8 Å². The largest absolute Gasteiger partial charge is 0.354 e. The lowest BCUT2D eigenvalue weighted by Crippen LogP contribution is -2.39. The molecule has 0 aliphatic carbocycles. The van der Waals surface area contributed by atoms with Crippen molar-refractivity contribution in [3.8, 4) is 0 Å². The van der Waals surface area contributed by atoms with Crippen LogP contribution in [0.2, 0.25) is 0 Å². The zero-order chi connectivity index (χ0) is 17.2. The van der Waals surface area contributed by atoms with E-state index in [1.54, 1.807) is 0 Å². The number of benzene rings is 1. The van der Waals surface area contributed by atoms with Crippen molar-refractivity contribution >= 4 is 5.91 Å². The third-order valence-corrected chi connectivity index (χ3v) is 4.95. The standard InChI is InChI=1S/C20H33N3O/c1-3-22(2)19(18-12-7-6-8-13-18)20(24)21-14-11-17-23-15-9-4-5-10-16-23/h6-8,12-13,19H,3-5,9-11,14-17H2,1-2H3,(H,21,24). The van der Waals surface area contributed by atoms with Crippen LogP contribution in [0.15, 0.2) is 30.3 Å². The summed E-state index contributed by atoms with van der Waals surface area (Å²) in [6.45, 7) is 7.23. The maximum absolute atomic E-state index is 12.7. The van der Waals surface area contributed by atoms with Crippen LogP contribution < -0.4 is 5.32 Å². The molecule has 1 aromatic carbocycles. The third-order valence-electron chi connectivity index (χ3n) is 4.95. The van der Waals surface area contributed by atoms with E-state index in [-0.39, 0.29) is 11.9 Å². The van der Waals surface area contributed by atoms with Crippen LogP contribution in [0.1, 0.15) is 50.6 Å². The lowest BCUT2D eigenvalue weighted by Gasteiger charge is -2.26. The molecule has 4 heteroatoms. The van der Waals surface area contributed by atoms with E-state index in [0.29, 0.717) is 0 Å². The summed E-state index contributed by atoms with van der Waals surface area (Å²) in [5.74, 6) is 0.112. The Kier molecular flexibility index (Phi) is 8.26. The maximum atomic E-state index is 12.7. The number of amides is 1. The summed E-state index contributed by atoms with van der Waals surface area (Å²) < 4.78 is 0. The number of nitrogens with zero attached hydrogens (tertiary/aromatic N) is 2. The van der Waals surface area contributed by atoms with E-state index in [9.17, 15) is 4.79 Å². The van der Waals surface area contributed by atoms with Crippen LogP contribution in [0.4, 0.5) is 0 Å². The van der Waals surface area contributed by atoms with Gasteiger partial charge in [0.25, 0.3) is 0 Å². The monoisotopic (exact) mass is 331 g/mol. The Hall–Kier alpha value is -1.39. The van der Waals surface area contributed by atoms with Crippen molar-refractivity contribution in [1.29, 1.82) is 0 Å². The zero-order valence-electron chi connectivity index (χ0n) is 15.3. The minimum absolute atomic E-state index is 0.112. The van der Waals surface area contributed by atoms with Crippen LogP contribution in [0.25, 0.3) is 0 Å². The SMILES string of the molecule is CCN(C)C(C(=O)NCCCN1CCCCCC1)c1ccccc1. The highest BCUT2D eigenvalue weighted by Gasteiger charge is 2.23. The molecule has 0 radical (unpaired) electrons. The summed E-state index contributed by atoms with van der Waals surface area (Å²) >= 11 is 0. The van der Waals surface area contributed by atoms with Gasteiger partial charge in [0.15, 0.2) is 0 Å². The molecule has 1 saturated heterocycles. The molecule has 0 saturated carbocycles. The van der Waals surface area contributed by atoms with Gasteiger partial charge in [0.1, 0.15) is 6.04 Å².